The van der Waals surface area contributed by atoms with Gasteiger partial charge in [0.1, 0.15) is 6.10 Å². The average molecular weight is 356 g/mol. The van der Waals surface area contributed by atoms with Crippen LogP contribution in [-0.2, 0) is 34.9 Å². The summed E-state index contributed by atoms with van der Waals surface area (Å²) in [7, 11) is 0. The molecule has 0 saturated carbocycles. The molecule has 2 aliphatic heterocycles. The number of rotatable bonds is 8. The third-order valence-corrected chi connectivity index (χ3v) is 5.56. The van der Waals surface area contributed by atoms with E-state index in [1.54, 1.807) is 0 Å². The van der Waals surface area contributed by atoms with E-state index in [1.165, 1.54) is 0 Å². The highest BCUT2D eigenvalue weighted by Gasteiger charge is 2.35. The molecule has 0 bridgehead atoms. The maximum atomic E-state index is 9.83. The predicted molar refractivity (Wildman–Crippen MR) is 81.7 cm³/mol. The Balaban J connectivity index is 1.97. The molecule has 0 aromatic heterocycles. The fraction of sp³-hybridized carbons (Fsp3) is 0.923. The third kappa shape index (κ3) is 5.22. The van der Waals surface area contributed by atoms with Crippen molar-refractivity contribution in [1.82, 2.24) is 0 Å². The van der Waals surface area contributed by atoms with Crippen molar-refractivity contribution in [2.75, 3.05) is 26.4 Å². The Labute approximate surface area is 139 Å². The zero-order valence-electron chi connectivity index (χ0n) is 15.0. The van der Waals surface area contributed by atoms with E-state index >= 15 is 0 Å². The second kappa shape index (κ2) is 8.67. The van der Waals surface area contributed by atoms with Gasteiger partial charge in [0, 0.05) is 21.0 Å². The lowest BCUT2D eigenvalue weighted by Crippen LogP contribution is -2.27. The number of ether oxygens (including phenoxy) is 2. The summed E-state index contributed by atoms with van der Waals surface area (Å²) < 4.78 is 50.0. The lowest BCUT2D eigenvalue weighted by molar-refractivity contribution is -0.00375. The van der Waals surface area contributed by atoms with Gasteiger partial charge < -0.3 is 28.2 Å². The summed E-state index contributed by atoms with van der Waals surface area (Å²) in [6.45, 7) is -5.08. The average Bonchev–Trinajstić information content (AvgIpc) is 3.06. The molecule has 0 spiro atoms. The highest BCUT2D eigenvalue weighted by atomic mass is 32.5. The van der Waals surface area contributed by atoms with Gasteiger partial charge in [-0.1, -0.05) is 0 Å². The molecule has 7 nitrogen and oxygen atoms in total. The van der Waals surface area contributed by atoms with Crippen LogP contribution >= 0.6 is 6.72 Å². The van der Waals surface area contributed by atoms with E-state index in [0.29, 0.717) is 0 Å². The lowest BCUT2D eigenvalue weighted by atomic mass is 10.2. The smallest absolute Gasteiger partial charge is 0.327 e. The van der Waals surface area contributed by atoms with Crippen LogP contribution in [0.4, 0.5) is 0 Å². The van der Waals surface area contributed by atoms with Gasteiger partial charge in [-0.3, -0.25) is 0 Å². The van der Waals surface area contributed by atoms with Crippen LogP contribution in [0.1, 0.15) is 30.3 Å². The van der Waals surface area contributed by atoms with E-state index in [9.17, 15) is 5.11 Å². The van der Waals surface area contributed by atoms with Gasteiger partial charge in [-0.05, 0) is 25.1 Å². The van der Waals surface area contributed by atoms with Crippen molar-refractivity contribution in [2.24, 2.45) is 0 Å². The highest BCUT2D eigenvalue weighted by Crippen LogP contribution is 2.52. The Morgan fingerprint density at radius 3 is 3.00 bits per heavy atom. The molecular weight excluding hydrogens is 329 g/mol. The molecular formula is C13H22NO6PS. The van der Waals surface area contributed by atoms with E-state index in [1.807, 2.05) is 6.07 Å². The summed E-state index contributed by atoms with van der Waals surface area (Å²) in [4.78, 5) is 0. The first-order valence-electron chi connectivity index (χ1n) is 8.80. The van der Waals surface area contributed by atoms with Crippen molar-refractivity contribution in [3.63, 3.8) is 0 Å². The summed E-state index contributed by atoms with van der Waals surface area (Å²) in [6, 6.07) is 1.93. The number of nitrogens with zero attached hydrogens (tertiary/aromatic N) is 1. The van der Waals surface area contributed by atoms with Gasteiger partial charge >= 0.3 is 6.72 Å². The molecule has 1 N–H and O–H groups in total. The van der Waals surface area contributed by atoms with Crippen molar-refractivity contribution < 1.29 is 32.3 Å². The summed E-state index contributed by atoms with van der Waals surface area (Å²) in [5.74, 6) is 0. The molecule has 0 aromatic rings. The number of aliphatic hydroxyl groups excluding tert-OH is 1. The normalized spacial score (nSPS) is 43.0. The van der Waals surface area contributed by atoms with E-state index in [0.717, 1.165) is 0 Å². The Morgan fingerprint density at radius 1 is 1.50 bits per heavy atom. The number of hydrogen-bond donors (Lipinski definition) is 1. The molecule has 2 rings (SSSR count). The van der Waals surface area contributed by atoms with Gasteiger partial charge in [0.25, 0.3) is 0 Å². The number of hydrogen-bond acceptors (Lipinski definition) is 8. The van der Waals surface area contributed by atoms with Gasteiger partial charge in [0.05, 0.1) is 46.8 Å². The van der Waals surface area contributed by atoms with Crippen molar-refractivity contribution in [2.45, 2.75) is 50.6 Å². The summed E-state index contributed by atoms with van der Waals surface area (Å²) in [5, 5.41) is 18.5. The van der Waals surface area contributed by atoms with Crippen LogP contribution < -0.4 is 0 Å². The molecule has 126 valence electrons. The largest absolute Gasteiger partial charge is 0.390 e. The molecule has 7 atom stereocenters. The molecule has 2 aliphatic rings. The molecule has 0 aromatic carbocycles. The minimum Gasteiger partial charge on any atom is -0.390 e. The first-order valence-corrected chi connectivity index (χ1v) is 9.49. The molecule has 22 heavy (non-hydrogen) atoms. The minimum atomic E-state index is -3.29. The minimum absolute atomic E-state index is 0.0202. The van der Waals surface area contributed by atoms with Crippen LogP contribution in [0.25, 0.3) is 0 Å². The van der Waals surface area contributed by atoms with Crippen LogP contribution in [0.3, 0.4) is 0 Å². The number of aliphatic hydroxyl groups is 1. The van der Waals surface area contributed by atoms with Gasteiger partial charge in [0.2, 0.25) is 0 Å². The maximum absolute atomic E-state index is 9.83. The molecule has 2 heterocycles. The predicted octanol–water partition coefficient (Wildman–Crippen LogP) is 1.50. The molecule has 0 aliphatic carbocycles. The van der Waals surface area contributed by atoms with Gasteiger partial charge in [-0.15, -0.1) is 0 Å². The van der Waals surface area contributed by atoms with Crippen molar-refractivity contribution in [1.29, 1.82) is 5.26 Å². The third-order valence-electron chi connectivity index (χ3n) is 3.18. The molecule has 5 unspecified atom stereocenters. The van der Waals surface area contributed by atoms with Crippen molar-refractivity contribution in [3.8, 4) is 6.07 Å². The highest BCUT2D eigenvalue weighted by molar-refractivity contribution is 8.07. The zero-order chi connectivity index (χ0) is 18.4. The second-order valence-corrected chi connectivity index (χ2v) is 7.81. The Kier molecular flexibility index (Phi) is 5.62. The molecule has 9 heteroatoms. The fourth-order valence-corrected chi connectivity index (χ4v) is 4.06. The first-order chi connectivity index (χ1) is 11.9. The number of nitriles is 1. The lowest BCUT2D eigenvalue weighted by Gasteiger charge is -2.27. The van der Waals surface area contributed by atoms with Crippen LogP contribution in [-0.4, -0.2) is 55.9 Å². The van der Waals surface area contributed by atoms with Gasteiger partial charge in [-0.2, -0.15) is 5.26 Å². The fourth-order valence-electron chi connectivity index (χ4n) is 1.93. The van der Waals surface area contributed by atoms with Crippen LogP contribution in [0.5, 0.6) is 0 Å². The van der Waals surface area contributed by atoms with Crippen LogP contribution in [0.15, 0.2) is 0 Å². The van der Waals surface area contributed by atoms with Crippen LogP contribution in [0.2, 0.25) is 0 Å². The Bertz CT molecular complexity index is 526. The van der Waals surface area contributed by atoms with E-state index in [2.05, 4.69) is 0 Å². The van der Waals surface area contributed by atoms with Crippen molar-refractivity contribution >= 4 is 18.5 Å². The SMILES string of the molecule is [2H]C[C@H]1OC([3H])CC1OP(=S)(OCCC#N)OC[C@H]1OC([3H])CC1O. The first kappa shape index (κ1) is 14.3. The Morgan fingerprint density at radius 2 is 2.32 bits per heavy atom. The molecule has 2 fully saturated rings. The molecule has 2 saturated heterocycles. The second-order valence-electron chi connectivity index (χ2n) is 4.85. The van der Waals surface area contributed by atoms with E-state index < -0.39 is 44.3 Å². The maximum Gasteiger partial charge on any atom is 0.327 e. The zero-order valence-corrected chi connectivity index (χ0v) is 13.7. The molecule has 0 amide bonds. The Hall–Kier alpha value is -0.100. The summed E-state index contributed by atoms with van der Waals surface area (Å²) in [5.41, 5.74) is 0. The van der Waals surface area contributed by atoms with E-state index in [4.69, 9.17) is 44.2 Å². The topological polar surface area (TPSA) is 90.2 Å². The van der Waals surface area contributed by atoms with Gasteiger partial charge in [-0.25, -0.2) is 0 Å². The quantitative estimate of drug-likeness (QED) is 0.517. The van der Waals surface area contributed by atoms with E-state index in [-0.39, 0.29) is 39.4 Å². The van der Waals surface area contributed by atoms with Crippen molar-refractivity contribution in [3.05, 3.63) is 0 Å². The monoisotopic (exact) mass is 356 g/mol. The molecule has 0 radical (unpaired) electrons. The summed E-state index contributed by atoms with van der Waals surface area (Å²) in [6.07, 6.45) is -2.21. The standard InChI is InChI=1S/C13H22NO6PS/c1-10-12(4-8-16-10)20-21(22,18-6-2-5-14)19-9-13-11(15)3-7-17-13/h10-13,15H,2-4,6-9H2,1H3/t10-,11?,12?,13-,21?/m1/s1/i1D,7T,8T/t7?,8?,10-,11?,12?,13-,21?. The summed E-state index contributed by atoms with van der Waals surface area (Å²) >= 11 is 5.37. The van der Waals surface area contributed by atoms with Gasteiger partial charge in [0.15, 0.2) is 0 Å². The van der Waals surface area contributed by atoms with Crippen LogP contribution in [0, 0.1) is 11.3 Å².